The molecule has 0 aromatic carbocycles. The van der Waals surface area contributed by atoms with E-state index in [0.29, 0.717) is 12.6 Å². The van der Waals surface area contributed by atoms with Gasteiger partial charge in [-0.05, 0) is 6.42 Å². The number of hydrogen-bond acceptors (Lipinski definition) is 3. The number of nitrogens with zero attached hydrogens (tertiary/aromatic N) is 2. The van der Waals surface area contributed by atoms with Crippen molar-refractivity contribution in [2.45, 2.75) is 31.8 Å². The molecule has 4 unspecified atom stereocenters. The standard InChI is InChI=1S/C10H20N2O/c1-2-3-9-6-12-5-4-11(9)7-10(12)8-13/h9-10,13H,2-8H2,1H3. The van der Waals surface area contributed by atoms with Crippen molar-refractivity contribution in [1.29, 1.82) is 0 Å². The lowest BCUT2D eigenvalue weighted by molar-refractivity contribution is -0.0490. The molecule has 3 saturated heterocycles. The fourth-order valence-electron chi connectivity index (χ4n) is 2.66. The number of hydrogen-bond donors (Lipinski definition) is 1. The Labute approximate surface area is 80.3 Å². The van der Waals surface area contributed by atoms with Crippen LogP contribution in [-0.2, 0) is 0 Å². The molecule has 76 valence electrons. The molecule has 1 N–H and O–H groups in total. The van der Waals surface area contributed by atoms with Crippen LogP contribution < -0.4 is 0 Å². The Kier molecular flexibility index (Phi) is 2.86. The summed E-state index contributed by atoms with van der Waals surface area (Å²) >= 11 is 0. The van der Waals surface area contributed by atoms with Crippen molar-refractivity contribution in [1.82, 2.24) is 9.80 Å². The van der Waals surface area contributed by atoms with E-state index in [4.69, 9.17) is 5.11 Å². The second kappa shape index (κ2) is 3.95. The van der Waals surface area contributed by atoms with Gasteiger partial charge in [0.05, 0.1) is 6.61 Å². The van der Waals surface area contributed by atoms with Gasteiger partial charge in [0, 0.05) is 38.3 Å². The second-order valence-corrected chi connectivity index (χ2v) is 4.27. The lowest BCUT2D eigenvalue weighted by atomic mass is 9.99. The Morgan fingerprint density at radius 3 is 2.23 bits per heavy atom. The third-order valence-corrected chi connectivity index (χ3v) is 3.43. The second-order valence-electron chi connectivity index (χ2n) is 4.27. The quantitative estimate of drug-likeness (QED) is 0.676. The van der Waals surface area contributed by atoms with Crippen LogP contribution in [0.15, 0.2) is 0 Å². The van der Waals surface area contributed by atoms with E-state index < -0.39 is 0 Å². The van der Waals surface area contributed by atoms with Crippen molar-refractivity contribution >= 4 is 0 Å². The van der Waals surface area contributed by atoms with Crippen LogP contribution in [0.1, 0.15) is 19.8 Å². The van der Waals surface area contributed by atoms with Gasteiger partial charge in [0.15, 0.2) is 0 Å². The summed E-state index contributed by atoms with van der Waals surface area (Å²) in [5.41, 5.74) is 0. The number of fused-ring (bicyclic) bond motifs is 3. The molecule has 4 atom stereocenters. The van der Waals surface area contributed by atoms with Gasteiger partial charge < -0.3 is 5.11 Å². The molecule has 3 nitrogen and oxygen atoms in total. The van der Waals surface area contributed by atoms with Crippen molar-refractivity contribution in [2.75, 3.05) is 32.8 Å². The zero-order chi connectivity index (χ0) is 9.26. The smallest absolute Gasteiger partial charge is 0.0599 e. The fourth-order valence-corrected chi connectivity index (χ4v) is 2.66. The van der Waals surface area contributed by atoms with E-state index in [1.165, 1.54) is 25.9 Å². The van der Waals surface area contributed by atoms with Crippen LogP contribution in [-0.4, -0.2) is 59.8 Å². The summed E-state index contributed by atoms with van der Waals surface area (Å²) in [5.74, 6) is 0. The lowest BCUT2D eigenvalue weighted by Crippen LogP contribution is -2.66. The highest BCUT2D eigenvalue weighted by Crippen LogP contribution is 2.22. The molecule has 3 rings (SSSR count). The maximum absolute atomic E-state index is 9.16. The van der Waals surface area contributed by atoms with Gasteiger partial charge in [-0.1, -0.05) is 13.3 Å². The molecular formula is C10H20N2O. The Morgan fingerprint density at radius 1 is 1.15 bits per heavy atom. The molecule has 3 aliphatic rings. The van der Waals surface area contributed by atoms with E-state index in [0.717, 1.165) is 19.1 Å². The summed E-state index contributed by atoms with van der Waals surface area (Å²) in [6, 6.07) is 1.18. The maximum atomic E-state index is 9.16. The first kappa shape index (κ1) is 9.44. The molecule has 3 fully saturated rings. The van der Waals surface area contributed by atoms with Crippen molar-refractivity contribution in [3.8, 4) is 0 Å². The van der Waals surface area contributed by atoms with Gasteiger partial charge in [-0.15, -0.1) is 0 Å². The molecule has 0 aromatic rings. The first-order valence-corrected chi connectivity index (χ1v) is 5.44. The third kappa shape index (κ3) is 1.73. The molecule has 0 spiro atoms. The lowest BCUT2D eigenvalue weighted by Gasteiger charge is -2.51. The van der Waals surface area contributed by atoms with Crippen LogP contribution in [0.3, 0.4) is 0 Å². The van der Waals surface area contributed by atoms with Crippen molar-refractivity contribution in [3.63, 3.8) is 0 Å². The molecule has 0 aliphatic carbocycles. The molecule has 3 aliphatic heterocycles. The Balaban J connectivity index is 1.95. The summed E-state index contributed by atoms with van der Waals surface area (Å²) < 4.78 is 0. The summed E-state index contributed by atoms with van der Waals surface area (Å²) in [5, 5.41) is 9.16. The summed E-state index contributed by atoms with van der Waals surface area (Å²) in [6.07, 6.45) is 2.59. The highest BCUT2D eigenvalue weighted by atomic mass is 16.3. The molecule has 2 bridgehead atoms. The molecule has 0 aromatic heterocycles. The topological polar surface area (TPSA) is 26.7 Å². The van der Waals surface area contributed by atoms with Crippen LogP contribution in [0.4, 0.5) is 0 Å². The highest BCUT2D eigenvalue weighted by molar-refractivity contribution is 4.93. The van der Waals surface area contributed by atoms with Gasteiger partial charge in [-0.25, -0.2) is 0 Å². The molecule has 0 amide bonds. The van der Waals surface area contributed by atoms with E-state index in [9.17, 15) is 0 Å². The van der Waals surface area contributed by atoms with E-state index in [-0.39, 0.29) is 0 Å². The van der Waals surface area contributed by atoms with Crippen LogP contribution in [0.5, 0.6) is 0 Å². The Hall–Kier alpha value is -0.120. The minimum atomic E-state index is 0.329. The van der Waals surface area contributed by atoms with E-state index >= 15 is 0 Å². The van der Waals surface area contributed by atoms with Gasteiger partial charge in [-0.3, -0.25) is 9.80 Å². The van der Waals surface area contributed by atoms with Gasteiger partial charge in [0.1, 0.15) is 0 Å². The normalized spacial score (nSPS) is 43.8. The zero-order valence-corrected chi connectivity index (χ0v) is 8.45. The van der Waals surface area contributed by atoms with Gasteiger partial charge in [-0.2, -0.15) is 0 Å². The molecular weight excluding hydrogens is 164 g/mol. The summed E-state index contributed by atoms with van der Waals surface area (Å²) in [7, 11) is 0. The van der Waals surface area contributed by atoms with Gasteiger partial charge >= 0.3 is 0 Å². The largest absolute Gasteiger partial charge is 0.395 e. The Bertz CT molecular complexity index is 172. The van der Waals surface area contributed by atoms with E-state index in [1.54, 1.807) is 0 Å². The first-order valence-electron chi connectivity index (χ1n) is 5.44. The number of aliphatic hydroxyl groups excluding tert-OH is 1. The average Bonchev–Trinajstić information content (AvgIpc) is 2.19. The third-order valence-electron chi connectivity index (χ3n) is 3.43. The van der Waals surface area contributed by atoms with Crippen LogP contribution >= 0.6 is 0 Å². The predicted molar refractivity (Wildman–Crippen MR) is 52.7 cm³/mol. The highest BCUT2D eigenvalue weighted by Gasteiger charge is 2.36. The van der Waals surface area contributed by atoms with Crippen LogP contribution in [0.25, 0.3) is 0 Å². The van der Waals surface area contributed by atoms with Crippen molar-refractivity contribution in [2.24, 2.45) is 0 Å². The molecule has 0 saturated carbocycles. The minimum absolute atomic E-state index is 0.329. The van der Waals surface area contributed by atoms with Crippen molar-refractivity contribution < 1.29 is 5.11 Å². The molecule has 3 heteroatoms. The fraction of sp³-hybridized carbons (Fsp3) is 1.00. The van der Waals surface area contributed by atoms with Crippen LogP contribution in [0, 0.1) is 0 Å². The predicted octanol–water partition coefficient (Wildman–Crippen LogP) is 0.147. The van der Waals surface area contributed by atoms with E-state index in [1.807, 2.05) is 0 Å². The van der Waals surface area contributed by atoms with E-state index in [2.05, 4.69) is 16.7 Å². The van der Waals surface area contributed by atoms with Crippen LogP contribution in [0.2, 0.25) is 0 Å². The minimum Gasteiger partial charge on any atom is -0.395 e. The monoisotopic (exact) mass is 184 g/mol. The van der Waals surface area contributed by atoms with Gasteiger partial charge in [0.25, 0.3) is 0 Å². The first-order chi connectivity index (χ1) is 6.35. The molecule has 0 radical (unpaired) electrons. The van der Waals surface area contributed by atoms with Crippen molar-refractivity contribution in [3.05, 3.63) is 0 Å². The van der Waals surface area contributed by atoms with Gasteiger partial charge in [0.2, 0.25) is 0 Å². The zero-order valence-electron chi connectivity index (χ0n) is 8.45. The number of piperazine rings is 3. The summed E-state index contributed by atoms with van der Waals surface area (Å²) in [6.45, 7) is 7.21. The SMILES string of the molecule is CCCC1CN2CCN1CC2CO. The number of aliphatic hydroxyl groups is 1. The molecule has 3 heterocycles. The number of rotatable bonds is 3. The molecule has 13 heavy (non-hydrogen) atoms. The average molecular weight is 184 g/mol. The Morgan fingerprint density at radius 2 is 1.77 bits per heavy atom. The summed E-state index contributed by atoms with van der Waals surface area (Å²) in [4.78, 5) is 5.02. The maximum Gasteiger partial charge on any atom is 0.0599 e.